The molecule has 0 saturated heterocycles. The number of nitrogens with zero attached hydrogens (tertiary/aromatic N) is 2. The van der Waals surface area contributed by atoms with Crippen LogP contribution in [0, 0.1) is 5.92 Å². The zero-order valence-electron chi connectivity index (χ0n) is 6.83. The van der Waals surface area contributed by atoms with E-state index in [0.717, 1.165) is 12.3 Å². The Balaban J connectivity index is 2.58. The van der Waals surface area contributed by atoms with Crippen LogP contribution in [0.15, 0.2) is 12.4 Å². The van der Waals surface area contributed by atoms with Gasteiger partial charge in [-0.3, -0.25) is 4.68 Å². The second-order valence-electron chi connectivity index (χ2n) is 3.12. The molecule has 2 heteroatoms. The minimum Gasteiger partial charge on any atom is -0.276 e. The molecule has 1 heterocycles. The first kappa shape index (κ1) is 7.32. The van der Waals surface area contributed by atoms with E-state index in [4.69, 9.17) is 0 Å². The van der Waals surface area contributed by atoms with E-state index in [2.05, 4.69) is 25.1 Å². The van der Waals surface area contributed by atoms with Gasteiger partial charge in [0.1, 0.15) is 0 Å². The summed E-state index contributed by atoms with van der Waals surface area (Å²) >= 11 is 0. The maximum absolute atomic E-state index is 4.09. The van der Waals surface area contributed by atoms with Gasteiger partial charge >= 0.3 is 0 Å². The molecule has 0 unspecified atom stereocenters. The molecule has 0 aromatic carbocycles. The number of rotatable bonds is 2. The SMILES string of the molecule is CC(C)Cc1cnn(C)c1. The van der Waals surface area contributed by atoms with Gasteiger partial charge in [-0.05, 0) is 17.9 Å². The van der Waals surface area contributed by atoms with Crippen LogP contribution in [0.4, 0.5) is 0 Å². The van der Waals surface area contributed by atoms with Crippen molar-refractivity contribution in [2.24, 2.45) is 13.0 Å². The smallest absolute Gasteiger partial charge is 0.0521 e. The van der Waals surface area contributed by atoms with Gasteiger partial charge in [0, 0.05) is 13.2 Å². The van der Waals surface area contributed by atoms with Crippen molar-refractivity contribution in [3.05, 3.63) is 18.0 Å². The molecule has 0 saturated carbocycles. The van der Waals surface area contributed by atoms with Crippen molar-refractivity contribution in [2.75, 3.05) is 0 Å². The quantitative estimate of drug-likeness (QED) is 0.607. The van der Waals surface area contributed by atoms with Gasteiger partial charge in [-0.15, -0.1) is 0 Å². The second kappa shape index (κ2) is 2.86. The van der Waals surface area contributed by atoms with E-state index in [1.54, 1.807) is 0 Å². The third kappa shape index (κ3) is 1.87. The number of hydrogen-bond donors (Lipinski definition) is 0. The Morgan fingerprint density at radius 1 is 1.60 bits per heavy atom. The van der Waals surface area contributed by atoms with Crippen LogP contribution in [-0.2, 0) is 13.5 Å². The highest BCUT2D eigenvalue weighted by Gasteiger charge is 1.98. The summed E-state index contributed by atoms with van der Waals surface area (Å²) in [5, 5.41) is 4.09. The topological polar surface area (TPSA) is 17.8 Å². The predicted octanol–water partition coefficient (Wildman–Crippen LogP) is 1.62. The standard InChI is InChI=1S/C8H14N2/c1-7(2)4-8-5-9-10(3)6-8/h5-7H,4H2,1-3H3. The highest BCUT2D eigenvalue weighted by Crippen LogP contribution is 2.05. The summed E-state index contributed by atoms with van der Waals surface area (Å²) in [5.41, 5.74) is 1.33. The first-order valence-corrected chi connectivity index (χ1v) is 3.66. The summed E-state index contributed by atoms with van der Waals surface area (Å²) < 4.78 is 1.84. The molecule has 0 bridgehead atoms. The number of aromatic nitrogens is 2. The van der Waals surface area contributed by atoms with Crippen LogP contribution in [0.5, 0.6) is 0 Å². The Bertz CT molecular complexity index is 201. The molecule has 0 N–H and O–H groups in total. The van der Waals surface area contributed by atoms with Crippen LogP contribution in [0.3, 0.4) is 0 Å². The van der Waals surface area contributed by atoms with Gasteiger partial charge in [0.2, 0.25) is 0 Å². The maximum Gasteiger partial charge on any atom is 0.0521 e. The summed E-state index contributed by atoms with van der Waals surface area (Å²) in [4.78, 5) is 0. The number of aryl methyl sites for hydroxylation is 1. The Morgan fingerprint density at radius 2 is 2.30 bits per heavy atom. The summed E-state index contributed by atoms with van der Waals surface area (Å²) in [6.45, 7) is 4.43. The molecule has 0 amide bonds. The van der Waals surface area contributed by atoms with Gasteiger partial charge in [-0.1, -0.05) is 13.8 Å². The van der Waals surface area contributed by atoms with Crippen LogP contribution in [0.25, 0.3) is 0 Å². The average Bonchev–Trinajstić information content (AvgIpc) is 2.13. The molecule has 0 aliphatic rings. The van der Waals surface area contributed by atoms with Crippen molar-refractivity contribution in [1.82, 2.24) is 9.78 Å². The Hall–Kier alpha value is -0.790. The van der Waals surface area contributed by atoms with Crippen molar-refractivity contribution < 1.29 is 0 Å². The van der Waals surface area contributed by atoms with Crippen molar-refractivity contribution in [3.8, 4) is 0 Å². The van der Waals surface area contributed by atoms with Gasteiger partial charge in [0.15, 0.2) is 0 Å². The normalized spacial score (nSPS) is 10.8. The summed E-state index contributed by atoms with van der Waals surface area (Å²) in [7, 11) is 1.95. The van der Waals surface area contributed by atoms with Crippen LogP contribution < -0.4 is 0 Å². The van der Waals surface area contributed by atoms with Gasteiger partial charge < -0.3 is 0 Å². The molecule has 10 heavy (non-hydrogen) atoms. The monoisotopic (exact) mass is 138 g/mol. The zero-order valence-corrected chi connectivity index (χ0v) is 6.83. The van der Waals surface area contributed by atoms with Gasteiger partial charge in [-0.2, -0.15) is 5.10 Å². The lowest BCUT2D eigenvalue weighted by Crippen LogP contribution is -1.91. The molecule has 0 aliphatic heterocycles. The first-order valence-electron chi connectivity index (χ1n) is 3.66. The van der Waals surface area contributed by atoms with Crippen LogP contribution in [0.2, 0.25) is 0 Å². The second-order valence-corrected chi connectivity index (χ2v) is 3.12. The van der Waals surface area contributed by atoms with Crippen LogP contribution in [-0.4, -0.2) is 9.78 Å². The Labute approximate surface area is 61.9 Å². The Kier molecular flexibility index (Phi) is 2.10. The molecular formula is C8H14N2. The number of hydrogen-bond acceptors (Lipinski definition) is 1. The Morgan fingerprint density at radius 3 is 2.70 bits per heavy atom. The molecule has 1 aromatic heterocycles. The van der Waals surface area contributed by atoms with E-state index < -0.39 is 0 Å². The maximum atomic E-state index is 4.09. The molecule has 0 spiro atoms. The van der Waals surface area contributed by atoms with E-state index in [1.165, 1.54) is 5.56 Å². The molecule has 2 nitrogen and oxygen atoms in total. The lowest BCUT2D eigenvalue weighted by Gasteiger charge is -1.98. The minimum atomic E-state index is 0.726. The van der Waals surface area contributed by atoms with Crippen molar-refractivity contribution in [2.45, 2.75) is 20.3 Å². The lowest BCUT2D eigenvalue weighted by molar-refractivity contribution is 0.646. The van der Waals surface area contributed by atoms with Crippen molar-refractivity contribution >= 4 is 0 Å². The molecule has 1 aromatic rings. The van der Waals surface area contributed by atoms with E-state index in [9.17, 15) is 0 Å². The summed E-state index contributed by atoms with van der Waals surface area (Å²) in [6, 6.07) is 0. The third-order valence-electron chi connectivity index (χ3n) is 1.40. The zero-order chi connectivity index (χ0) is 7.56. The molecule has 0 atom stereocenters. The summed E-state index contributed by atoms with van der Waals surface area (Å²) in [5.74, 6) is 0.726. The third-order valence-corrected chi connectivity index (χ3v) is 1.40. The average molecular weight is 138 g/mol. The van der Waals surface area contributed by atoms with Gasteiger partial charge in [0.05, 0.1) is 6.20 Å². The van der Waals surface area contributed by atoms with E-state index in [-0.39, 0.29) is 0 Å². The summed E-state index contributed by atoms with van der Waals surface area (Å²) in [6.07, 6.45) is 5.13. The van der Waals surface area contributed by atoms with Crippen molar-refractivity contribution in [1.29, 1.82) is 0 Å². The van der Waals surface area contributed by atoms with Crippen molar-refractivity contribution in [3.63, 3.8) is 0 Å². The lowest BCUT2D eigenvalue weighted by atomic mass is 10.1. The highest BCUT2D eigenvalue weighted by atomic mass is 15.2. The fourth-order valence-electron chi connectivity index (χ4n) is 1.05. The van der Waals surface area contributed by atoms with E-state index in [0.29, 0.717) is 0 Å². The van der Waals surface area contributed by atoms with Crippen LogP contribution >= 0.6 is 0 Å². The molecule has 0 fully saturated rings. The fraction of sp³-hybridized carbons (Fsp3) is 0.625. The largest absolute Gasteiger partial charge is 0.276 e. The fourth-order valence-corrected chi connectivity index (χ4v) is 1.05. The molecular weight excluding hydrogens is 124 g/mol. The molecule has 0 radical (unpaired) electrons. The molecule has 0 aliphatic carbocycles. The van der Waals surface area contributed by atoms with Gasteiger partial charge in [-0.25, -0.2) is 0 Å². The molecule has 1 rings (SSSR count). The predicted molar refractivity (Wildman–Crippen MR) is 41.8 cm³/mol. The van der Waals surface area contributed by atoms with Gasteiger partial charge in [0.25, 0.3) is 0 Å². The van der Waals surface area contributed by atoms with E-state index in [1.807, 2.05) is 17.9 Å². The first-order chi connectivity index (χ1) is 4.68. The van der Waals surface area contributed by atoms with E-state index >= 15 is 0 Å². The highest BCUT2D eigenvalue weighted by molar-refractivity contribution is 5.03. The van der Waals surface area contributed by atoms with Crippen LogP contribution in [0.1, 0.15) is 19.4 Å². The molecule has 56 valence electrons. The minimum absolute atomic E-state index is 0.726.